The highest BCUT2D eigenvalue weighted by Gasteiger charge is 2.27. The van der Waals surface area contributed by atoms with Crippen molar-refractivity contribution in [2.24, 2.45) is 0 Å². The minimum absolute atomic E-state index is 0.134. The number of amides is 1. The van der Waals surface area contributed by atoms with Gasteiger partial charge in [0.2, 0.25) is 5.91 Å². The highest BCUT2D eigenvalue weighted by Crippen LogP contribution is 2.26. The van der Waals surface area contributed by atoms with E-state index < -0.39 is 15.9 Å². The molecule has 0 bridgehead atoms. The van der Waals surface area contributed by atoms with Crippen molar-refractivity contribution in [3.05, 3.63) is 107 Å². The topological polar surface area (TPSA) is 66.5 Å². The van der Waals surface area contributed by atoms with Crippen LogP contribution in [0.4, 0.5) is 5.69 Å². The maximum Gasteiger partial charge on any atom is 0.264 e. The molecule has 0 radical (unpaired) electrons. The van der Waals surface area contributed by atoms with E-state index in [-0.39, 0.29) is 11.4 Å². The van der Waals surface area contributed by atoms with Gasteiger partial charge in [-0.25, -0.2) is 8.42 Å². The molecule has 1 amide bonds. The van der Waals surface area contributed by atoms with E-state index in [4.69, 9.17) is 0 Å². The highest BCUT2D eigenvalue weighted by atomic mass is 79.9. The Hall–Kier alpha value is -3.16. The molecule has 4 aromatic carbocycles. The summed E-state index contributed by atoms with van der Waals surface area (Å²) in [4.78, 5) is 13.1. The van der Waals surface area contributed by atoms with Crippen molar-refractivity contribution in [2.45, 2.75) is 18.4 Å². The van der Waals surface area contributed by atoms with E-state index in [0.29, 0.717) is 12.2 Å². The minimum atomic E-state index is -3.95. The van der Waals surface area contributed by atoms with Crippen molar-refractivity contribution in [1.29, 1.82) is 0 Å². The number of carbonyl (C=O) groups excluding carboxylic acids is 1. The van der Waals surface area contributed by atoms with Gasteiger partial charge in [-0.15, -0.1) is 0 Å². The number of hydrogen-bond acceptors (Lipinski definition) is 3. The number of aryl methyl sites for hydroxylation is 1. The Bertz CT molecular complexity index is 1400. The lowest BCUT2D eigenvalue weighted by Gasteiger charge is -2.24. The maximum absolute atomic E-state index is 13.5. The summed E-state index contributed by atoms with van der Waals surface area (Å²) in [5.74, 6) is -0.390. The highest BCUT2D eigenvalue weighted by molar-refractivity contribution is 9.10. The fourth-order valence-electron chi connectivity index (χ4n) is 3.61. The third kappa shape index (κ3) is 5.26. The van der Waals surface area contributed by atoms with Crippen molar-refractivity contribution in [3.8, 4) is 0 Å². The molecule has 0 heterocycles. The Kier molecular flexibility index (Phi) is 6.81. The smallest absolute Gasteiger partial charge is 0.264 e. The zero-order chi connectivity index (χ0) is 23.4. The number of carbonyl (C=O) groups is 1. The molecule has 33 heavy (non-hydrogen) atoms. The average molecular weight is 523 g/mol. The quantitative estimate of drug-likeness (QED) is 0.352. The normalized spacial score (nSPS) is 11.3. The van der Waals surface area contributed by atoms with E-state index in [0.717, 1.165) is 30.7 Å². The Labute approximate surface area is 202 Å². The Balaban J connectivity index is 1.60. The molecule has 0 fully saturated rings. The molecule has 0 aliphatic heterocycles. The molecular weight excluding hydrogens is 500 g/mol. The zero-order valence-corrected chi connectivity index (χ0v) is 20.4. The molecule has 0 saturated heterocycles. The van der Waals surface area contributed by atoms with Crippen LogP contribution in [-0.2, 0) is 21.4 Å². The van der Waals surface area contributed by atoms with Crippen LogP contribution in [0.25, 0.3) is 10.8 Å². The van der Waals surface area contributed by atoms with E-state index >= 15 is 0 Å². The SMILES string of the molecule is Cc1ccc(S(=O)(=O)N(CC(=O)NCc2cccc3ccccc23)c2cccc(Br)c2)cc1. The fourth-order valence-corrected chi connectivity index (χ4v) is 5.41. The van der Waals surface area contributed by atoms with Crippen LogP contribution in [0.5, 0.6) is 0 Å². The van der Waals surface area contributed by atoms with Gasteiger partial charge >= 0.3 is 0 Å². The van der Waals surface area contributed by atoms with Gasteiger partial charge in [-0.3, -0.25) is 9.10 Å². The molecule has 4 rings (SSSR count). The number of anilines is 1. The van der Waals surface area contributed by atoms with Crippen LogP contribution in [0.2, 0.25) is 0 Å². The van der Waals surface area contributed by atoms with Gasteiger partial charge in [0, 0.05) is 11.0 Å². The van der Waals surface area contributed by atoms with Gasteiger partial charge in [0.05, 0.1) is 10.6 Å². The summed E-state index contributed by atoms with van der Waals surface area (Å²) in [5.41, 5.74) is 2.33. The second-order valence-electron chi connectivity index (χ2n) is 7.72. The molecule has 1 N–H and O–H groups in total. The van der Waals surface area contributed by atoms with Gasteiger partial charge in [-0.2, -0.15) is 0 Å². The van der Waals surface area contributed by atoms with Crippen molar-refractivity contribution in [1.82, 2.24) is 5.32 Å². The Morgan fingerprint density at radius 2 is 1.61 bits per heavy atom. The van der Waals surface area contributed by atoms with Crippen LogP contribution < -0.4 is 9.62 Å². The summed E-state index contributed by atoms with van der Waals surface area (Å²) in [5, 5.41) is 5.02. The van der Waals surface area contributed by atoms with E-state index in [2.05, 4.69) is 21.2 Å². The van der Waals surface area contributed by atoms with Gasteiger partial charge in [0.15, 0.2) is 0 Å². The van der Waals surface area contributed by atoms with Crippen molar-refractivity contribution in [3.63, 3.8) is 0 Å². The van der Waals surface area contributed by atoms with E-state index in [1.807, 2.05) is 49.4 Å². The number of fused-ring (bicyclic) bond motifs is 1. The summed E-state index contributed by atoms with van der Waals surface area (Å²) in [6.45, 7) is 1.86. The molecule has 0 aliphatic carbocycles. The summed E-state index contributed by atoms with van der Waals surface area (Å²) < 4.78 is 28.8. The van der Waals surface area contributed by atoms with Crippen LogP contribution in [0.3, 0.4) is 0 Å². The summed E-state index contributed by atoms with van der Waals surface area (Å²) in [6, 6.07) is 27.4. The van der Waals surface area contributed by atoms with E-state index in [1.54, 1.807) is 48.5 Å². The first-order valence-corrected chi connectivity index (χ1v) is 12.7. The first-order chi connectivity index (χ1) is 15.8. The monoisotopic (exact) mass is 522 g/mol. The second kappa shape index (κ2) is 9.77. The van der Waals surface area contributed by atoms with Crippen molar-refractivity contribution >= 4 is 48.3 Å². The predicted molar refractivity (Wildman–Crippen MR) is 136 cm³/mol. The van der Waals surface area contributed by atoms with Gasteiger partial charge < -0.3 is 5.32 Å². The average Bonchev–Trinajstić information content (AvgIpc) is 2.81. The number of sulfonamides is 1. The van der Waals surface area contributed by atoms with Crippen molar-refractivity contribution in [2.75, 3.05) is 10.8 Å². The van der Waals surface area contributed by atoms with Crippen LogP contribution in [0.1, 0.15) is 11.1 Å². The van der Waals surface area contributed by atoms with Gasteiger partial charge in [-0.05, 0) is 53.6 Å². The minimum Gasteiger partial charge on any atom is -0.350 e. The first kappa shape index (κ1) is 23.0. The lowest BCUT2D eigenvalue weighted by atomic mass is 10.0. The predicted octanol–water partition coefficient (Wildman–Crippen LogP) is 5.42. The number of hydrogen-bond donors (Lipinski definition) is 1. The fraction of sp³-hybridized carbons (Fsp3) is 0.115. The first-order valence-electron chi connectivity index (χ1n) is 10.4. The second-order valence-corrected chi connectivity index (χ2v) is 10.5. The lowest BCUT2D eigenvalue weighted by molar-refractivity contribution is -0.119. The third-order valence-corrected chi connectivity index (χ3v) is 7.63. The molecule has 0 atom stereocenters. The largest absolute Gasteiger partial charge is 0.350 e. The van der Waals surface area contributed by atoms with Crippen LogP contribution >= 0.6 is 15.9 Å². The van der Waals surface area contributed by atoms with Crippen LogP contribution in [0.15, 0.2) is 100 Å². The molecule has 4 aromatic rings. The molecule has 0 saturated carbocycles. The number of nitrogens with one attached hydrogen (secondary N) is 1. The standard InChI is InChI=1S/C26H23BrN2O3S/c1-19-12-14-24(15-13-19)33(31,32)29(23-10-5-9-22(27)16-23)18-26(30)28-17-21-8-4-7-20-6-2-3-11-25(20)21/h2-16H,17-18H2,1H3,(H,28,30). The molecular formula is C26H23BrN2O3S. The summed E-state index contributed by atoms with van der Waals surface area (Å²) in [7, 11) is -3.95. The van der Waals surface area contributed by atoms with Gasteiger partial charge in [0.25, 0.3) is 10.0 Å². The maximum atomic E-state index is 13.5. The zero-order valence-electron chi connectivity index (χ0n) is 18.0. The van der Waals surface area contributed by atoms with E-state index in [9.17, 15) is 13.2 Å². The van der Waals surface area contributed by atoms with Crippen LogP contribution in [0, 0.1) is 6.92 Å². The molecule has 168 valence electrons. The Morgan fingerprint density at radius 1 is 0.909 bits per heavy atom. The number of benzene rings is 4. The molecule has 7 heteroatoms. The van der Waals surface area contributed by atoms with Gasteiger partial charge in [0.1, 0.15) is 6.54 Å². The van der Waals surface area contributed by atoms with Gasteiger partial charge in [-0.1, -0.05) is 82.2 Å². The lowest BCUT2D eigenvalue weighted by Crippen LogP contribution is -2.40. The van der Waals surface area contributed by atoms with E-state index in [1.165, 1.54) is 0 Å². The van der Waals surface area contributed by atoms with Crippen molar-refractivity contribution < 1.29 is 13.2 Å². The molecule has 0 aliphatic rings. The number of nitrogens with zero attached hydrogens (tertiary/aromatic N) is 1. The molecule has 5 nitrogen and oxygen atoms in total. The molecule has 0 spiro atoms. The molecule has 0 aromatic heterocycles. The number of rotatable bonds is 7. The summed E-state index contributed by atoms with van der Waals surface area (Å²) >= 11 is 3.39. The number of halogens is 1. The third-order valence-electron chi connectivity index (χ3n) is 5.35. The molecule has 0 unspecified atom stereocenters. The van der Waals surface area contributed by atoms with Crippen LogP contribution in [-0.4, -0.2) is 20.9 Å². The Morgan fingerprint density at radius 3 is 2.36 bits per heavy atom. The summed E-state index contributed by atoms with van der Waals surface area (Å²) in [6.07, 6.45) is 0.